The molecular weight excluding hydrogens is 308 g/mol. The molecule has 3 heterocycles. The van der Waals surface area contributed by atoms with Gasteiger partial charge in [0.1, 0.15) is 11.9 Å². The second-order valence-electron chi connectivity index (χ2n) is 5.99. The Balaban J connectivity index is 1.57. The smallest absolute Gasteiger partial charge is 0.216 e. The lowest BCUT2D eigenvalue weighted by Gasteiger charge is -2.46. The Labute approximate surface area is 130 Å². The van der Waals surface area contributed by atoms with E-state index >= 15 is 0 Å². The van der Waals surface area contributed by atoms with E-state index in [9.17, 15) is 8.42 Å². The number of hydrogen-bond donors (Lipinski definition) is 0. The lowest BCUT2D eigenvalue weighted by atomic mass is 9.95. The molecule has 0 bridgehead atoms. The third-order valence-electron chi connectivity index (χ3n) is 4.00. The fourth-order valence-electron chi connectivity index (χ4n) is 2.78. The van der Waals surface area contributed by atoms with Crippen LogP contribution in [-0.4, -0.2) is 52.7 Å². The lowest BCUT2D eigenvalue weighted by molar-refractivity contribution is 0.158. The SMILES string of the molecule is CC(C)S(=O)(=O)N1CC2(C[C@H](Oc3cccnc3)CS2)C1. The van der Waals surface area contributed by atoms with E-state index in [4.69, 9.17) is 4.74 Å². The molecule has 0 N–H and O–H groups in total. The van der Waals surface area contributed by atoms with Crippen LogP contribution in [0.15, 0.2) is 24.5 Å². The van der Waals surface area contributed by atoms with Crippen LogP contribution >= 0.6 is 11.8 Å². The van der Waals surface area contributed by atoms with Crippen LogP contribution in [0, 0.1) is 0 Å². The molecule has 3 rings (SSSR count). The largest absolute Gasteiger partial charge is 0.488 e. The molecule has 1 aromatic heterocycles. The van der Waals surface area contributed by atoms with Crippen LogP contribution in [0.5, 0.6) is 5.75 Å². The number of ether oxygens (including phenoxy) is 1. The van der Waals surface area contributed by atoms with Crippen molar-refractivity contribution in [2.24, 2.45) is 0 Å². The van der Waals surface area contributed by atoms with Crippen molar-refractivity contribution in [1.29, 1.82) is 0 Å². The molecule has 2 saturated heterocycles. The van der Waals surface area contributed by atoms with Crippen molar-refractivity contribution in [3.63, 3.8) is 0 Å². The number of rotatable bonds is 4. The summed E-state index contributed by atoms with van der Waals surface area (Å²) in [5, 5.41) is -0.344. The molecule has 0 saturated carbocycles. The second kappa shape index (κ2) is 5.44. The number of sulfonamides is 1. The third-order valence-corrected chi connectivity index (χ3v) is 7.74. The van der Waals surface area contributed by atoms with Crippen molar-refractivity contribution in [2.45, 2.75) is 36.4 Å². The number of aromatic nitrogens is 1. The predicted molar refractivity (Wildman–Crippen MR) is 84.1 cm³/mol. The van der Waals surface area contributed by atoms with Gasteiger partial charge in [0, 0.05) is 36.2 Å². The van der Waals surface area contributed by atoms with Gasteiger partial charge in [-0.3, -0.25) is 4.98 Å². The summed E-state index contributed by atoms with van der Waals surface area (Å²) in [5.74, 6) is 1.69. The maximum absolute atomic E-state index is 12.1. The molecule has 21 heavy (non-hydrogen) atoms. The molecule has 0 unspecified atom stereocenters. The fourth-order valence-corrected chi connectivity index (χ4v) is 5.92. The monoisotopic (exact) mass is 328 g/mol. The standard InChI is InChI=1S/C14H20N2O3S2/c1-11(2)21(17,18)16-9-14(10-16)6-13(8-20-14)19-12-4-3-5-15-7-12/h3-5,7,11,13H,6,8-10H2,1-2H3/t13-/m0/s1. The minimum Gasteiger partial charge on any atom is -0.488 e. The van der Waals surface area contributed by atoms with Gasteiger partial charge >= 0.3 is 0 Å². The Hall–Kier alpha value is -0.790. The van der Waals surface area contributed by atoms with Crippen molar-refractivity contribution in [1.82, 2.24) is 9.29 Å². The maximum Gasteiger partial charge on any atom is 0.216 e. The van der Waals surface area contributed by atoms with E-state index < -0.39 is 10.0 Å². The highest BCUT2D eigenvalue weighted by atomic mass is 32.2. The first-order valence-electron chi connectivity index (χ1n) is 7.11. The molecule has 0 amide bonds. The van der Waals surface area contributed by atoms with Crippen LogP contribution in [0.25, 0.3) is 0 Å². The molecule has 1 spiro atoms. The van der Waals surface area contributed by atoms with Crippen molar-refractivity contribution in [2.75, 3.05) is 18.8 Å². The van der Waals surface area contributed by atoms with E-state index in [-0.39, 0.29) is 16.1 Å². The van der Waals surface area contributed by atoms with Crippen LogP contribution in [0.2, 0.25) is 0 Å². The summed E-state index contributed by atoms with van der Waals surface area (Å²) in [7, 11) is -3.11. The van der Waals surface area contributed by atoms with Crippen LogP contribution < -0.4 is 4.74 Å². The summed E-state index contributed by atoms with van der Waals surface area (Å²) >= 11 is 1.84. The summed E-state index contributed by atoms with van der Waals surface area (Å²) in [5.41, 5.74) is 0. The molecule has 2 fully saturated rings. The maximum atomic E-state index is 12.1. The lowest BCUT2D eigenvalue weighted by Crippen LogP contribution is -2.61. The second-order valence-corrected chi connectivity index (χ2v) is 9.97. The first-order chi connectivity index (χ1) is 9.91. The summed E-state index contributed by atoms with van der Waals surface area (Å²) in [6.45, 7) is 4.70. The average molecular weight is 328 g/mol. The zero-order chi connectivity index (χ0) is 15.1. The molecule has 116 valence electrons. The van der Waals surface area contributed by atoms with Gasteiger partial charge in [-0.1, -0.05) is 0 Å². The Kier molecular flexibility index (Phi) is 3.92. The highest BCUT2D eigenvalue weighted by Crippen LogP contribution is 2.47. The normalized spacial score (nSPS) is 25.2. The van der Waals surface area contributed by atoms with Gasteiger partial charge in [0.2, 0.25) is 10.0 Å². The zero-order valence-corrected chi connectivity index (χ0v) is 13.9. The Morgan fingerprint density at radius 1 is 1.48 bits per heavy atom. The summed E-state index contributed by atoms with van der Waals surface area (Å²) in [6.07, 6.45) is 4.48. The quantitative estimate of drug-likeness (QED) is 0.843. The Bertz CT molecular complexity index is 598. The minimum absolute atomic E-state index is 0.0504. The molecule has 0 aliphatic carbocycles. The molecule has 1 atom stereocenters. The van der Waals surface area contributed by atoms with E-state index in [0.717, 1.165) is 17.9 Å². The minimum atomic E-state index is -3.11. The van der Waals surface area contributed by atoms with Gasteiger partial charge in [0.05, 0.1) is 11.4 Å². The summed E-state index contributed by atoms with van der Waals surface area (Å²) < 4.78 is 31.8. The van der Waals surface area contributed by atoms with Gasteiger partial charge in [-0.25, -0.2) is 8.42 Å². The predicted octanol–water partition coefficient (Wildman–Crippen LogP) is 1.76. The van der Waals surface area contributed by atoms with Crippen molar-refractivity contribution in [3.05, 3.63) is 24.5 Å². The zero-order valence-electron chi connectivity index (χ0n) is 12.2. The van der Waals surface area contributed by atoms with Crippen LogP contribution in [-0.2, 0) is 10.0 Å². The molecule has 0 radical (unpaired) electrons. The Morgan fingerprint density at radius 3 is 2.86 bits per heavy atom. The van der Waals surface area contributed by atoms with Gasteiger partial charge < -0.3 is 4.74 Å². The highest BCUT2D eigenvalue weighted by molar-refractivity contribution is 8.01. The van der Waals surface area contributed by atoms with Gasteiger partial charge in [-0.15, -0.1) is 11.8 Å². The summed E-state index contributed by atoms with van der Waals surface area (Å²) in [4.78, 5) is 4.04. The van der Waals surface area contributed by atoms with Gasteiger partial charge in [0.15, 0.2) is 0 Å². The first-order valence-corrected chi connectivity index (χ1v) is 9.60. The molecule has 2 aliphatic rings. The fraction of sp³-hybridized carbons (Fsp3) is 0.643. The van der Waals surface area contributed by atoms with E-state index in [1.165, 1.54) is 0 Å². The number of nitrogens with zero attached hydrogens (tertiary/aromatic N) is 2. The average Bonchev–Trinajstić information content (AvgIpc) is 2.82. The Morgan fingerprint density at radius 2 is 2.24 bits per heavy atom. The van der Waals surface area contributed by atoms with Crippen molar-refractivity contribution < 1.29 is 13.2 Å². The first kappa shape index (κ1) is 15.1. The number of pyridine rings is 1. The molecule has 1 aromatic rings. The van der Waals surface area contributed by atoms with Crippen molar-refractivity contribution >= 4 is 21.8 Å². The van der Waals surface area contributed by atoms with Gasteiger partial charge in [-0.2, -0.15) is 4.31 Å². The van der Waals surface area contributed by atoms with E-state index in [1.54, 1.807) is 30.5 Å². The number of thioether (sulfide) groups is 1. The van der Waals surface area contributed by atoms with Crippen LogP contribution in [0.3, 0.4) is 0 Å². The van der Waals surface area contributed by atoms with Crippen LogP contribution in [0.1, 0.15) is 20.3 Å². The van der Waals surface area contributed by atoms with E-state index in [2.05, 4.69) is 4.98 Å². The van der Waals surface area contributed by atoms with E-state index in [1.807, 2.05) is 23.9 Å². The van der Waals surface area contributed by atoms with Gasteiger partial charge in [0.25, 0.3) is 0 Å². The molecule has 0 aromatic carbocycles. The molecule has 2 aliphatic heterocycles. The van der Waals surface area contributed by atoms with E-state index in [0.29, 0.717) is 13.1 Å². The van der Waals surface area contributed by atoms with Crippen molar-refractivity contribution in [3.8, 4) is 5.75 Å². The van der Waals surface area contributed by atoms with Crippen LogP contribution in [0.4, 0.5) is 0 Å². The van der Waals surface area contributed by atoms with Gasteiger partial charge in [-0.05, 0) is 26.0 Å². The topological polar surface area (TPSA) is 59.5 Å². The highest BCUT2D eigenvalue weighted by Gasteiger charge is 2.53. The molecule has 5 nitrogen and oxygen atoms in total. The number of hydrogen-bond acceptors (Lipinski definition) is 5. The summed E-state index contributed by atoms with van der Waals surface area (Å²) in [6, 6.07) is 3.76. The third kappa shape index (κ3) is 2.91. The molecule has 7 heteroatoms. The molecular formula is C14H20N2O3S2.